The minimum absolute atomic E-state index is 0.142. The molecule has 6 heteroatoms. The summed E-state index contributed by atoms with van der Waals surface area (Å²) in [5.41, 5.74) is 0. The zero-order chi connectivity index (χ0) is 13.5. The summed E-state index contributed by atoms with van der Waals surface area (Å²) in [4.78, 5) is 20.4. The highest BCUT2D eigenvalue weighted by atomic mass is 32.1. The highest BCUT2D eigenvalue weighted by Crippen LogP contribution is 2.37. The average molecular weight is 310 g/mol. The lowest BCUT2D eigenvalue weighted by Gasteiger charge is -1.97. The first-order valence-corrected chi connectivity index (χ1v) is 8.89. The number of hydrogen-bond donors (Lipinski definition) is 2. The van der Waals surface area contributed by atoms with Gasteiger partial charge in [0.2, 0.25) is 0 Å². The quantitative estimate of drug-likeness (QED) is 0.729. The molecule has 1 aromatic carbocycles. The molecule has 0 aliphatic rings. The zero-order valence-electron chi connectivity index (χ0n) is 9.81. The van der Waals surface area contributed by atoms with Gasteiger partial charge in [-0.05, 0) is 29.7 Å². The van der Waals surface area contributed by atoms with Crippen molar-refractivity contribution in [3.63, 3.8) is 0 Å². The number of rotatable bonds is 3. The van der Waals surface area contributed by atoms with E-state index in [0.29, 0.717) is 0 Å². The summed E-state index contributed by atoms with van der Waals surface area (Å²) in [6, 6.07) is 13.6. The van der Waals surface area contributed by atoms with Crippen LogP contribution in [-0.2, 0) is 11.0 Å². The van der Waals surface area contributed by atoms with E-state index >= 15 is 0 Å². The van der Waals surface area contributed by atoms with Gasteiger partial charge in [0, 0.05) is 20.9 Å². The zero-order valence-corrected chi connectivity index (χ0v) is 12.3. The van der Waals surface area contributed by atoms with E-state index in [-0.39, 0.29) is 4.62 Å². The Bertz CT molecular complexity index is 736. The molecule has 0 amide bonds. The van der Waals surface area contributed by atoms with Crippen molar-refractivity contribution in [3.8, 4) is 0 Å². The second-order valence-corrected chi connectivity index (χ2v) is 8.42. The summed E-state index contributed by atoms with van der Waals surface area (Å²) in [5.74, 6) is 0. The van der Waals surface area contributed by atoms with Crippen LogP contribution in [0.25, 0.3) is 10.1 Å². The van der Waals surface area contributed by atoms with Crippen LogP contribution in [0.2, 0.25) is 0 Å². The molecular formula is C13H11O3PS2. The van der Waals surface area contributed by atoms with Crippen molar-refractivity contribution in [1.29, 1.82) is 0 Å². The van der Waals surface area contributed by atoms with Crippen LogP contribution in [0, 0.1) is 0 Å². The summed E-state index contributed by atoms with van der Waals surface area (Å²) < 4.78 is 12.5. The Labute approximate surface area is 118 Å². The molecule has 2 N–H and O–H groups in total. The van der Waals surface area contributed by atoms with E-state index in [0.717, 1.165) is 11.3 Å². The van der Waals surface area contributed by atoms with Crippen molar-refractivity contribution in [1.82, 2.24) is 0 Å². The fourth-order valence-corrected chi connectivity index (χ4v) is 4.96. The third-order valence-corrected chi connectivity index (χ3v) is 6.47. The Morgan fingerprint density at radius 1 is 1.00 bits per heavy atom. The largest absolute Gasteiger partial charge is 0.366 e. The Balaban J connectivity index is 1.88. The van der Waals surface area contributed by atoms with Gasteiger partial charge in [0.05, 0.1) is 0 Å². The number of thiophene rings is 2. The van der Waals surface area contributed by atoms with Crippen LogP contribution in [0.4, 0.5) is 0 Å². The summed E-state index contributed by atoms with van der Waals surface area (Å²) in [6.45, 7) is 0. The lowest BCUT2D eigenvalue weighted by molar-refractivity contribution is 0.388. The van der Waals surface area contributed by atoms with Gasteiger partial charge in [0.1, 0.15) is 4.62 Å². The van der Waals surface area contributed by atoms with Gasteiger partial charge in [0.25, 0.3) is 0 Å². The van der Waals surface area contributed by atoms with Crippen LogP contribution in [-0.4, -0.2) is 9.79 Å². The second kappa shape index (κ2) is 4.85. The van der Waals surface area contributed by atoms with Crippen molar-refractivity contribution in [2.45, 2.75) is 6.42 Å². The lowest BCUT2D eigenvalue weighted by atomic mass is 10.2. The smallest absolute Gasteiger partial charge is 0.320 e. The number of benzene rings is 1. The number of hydrogen-bond acceptors (Lipinski definition) is 3. The maximum absolute atomic E-state index is 11.1. The first kappa shape index (κ1) is 13.0. The molecule has 0 saturated carbocycles. The van der Waals surface area contributed by atoms with Gasteiger partial charge in [-0.25, -0.2) is 0 Å². The molecule has 3 nitrogen and oxygen atoms in total. The molecule has 98 valence electrons. The first-order chi connectivity index (χ1) is 9.02. The van der Waals surface area contributed by atoms with Gasteiger partial charge >= 0.3 is 7.60 Å². The van der Waals surface area contributed by atoms with Crippen LogP contribution >= 0.6 is 30.3 Å². The Morgan fingerprint density at radius 2 is 1.79 bits per heavy atom. The van der Waals surface area contributed by atoms with Crippen molar-refractivity contribution in [3.05, 3.63) is 52.2 Å². The summed E-state index contributed by atoms with van der Waals surface area (Å²) in [7, 11) is -4.11. The molecule has 19 heavy (non-hydrogen) atoms. The van der Waals surface area contributed by atoms with E-state index in [9.17, 15) is 4.57 Å². The van der Waals surface area contributed by atoms with E-state index in [2.05, 4.69) is 18.2 Å². The van der Waals surface area contributed by atoms with Gasteiger partial charge in [-0.1, -0.05) is 18.2 Å². The van der Waals surface area contributed by atoms with Crippen molar-refractivity contribution in [2.75, 3.05) is 0 Å². The van der Waals surface area contributed by atoms with Crippen LogP contribution in [0.3, 0.4) is 0 Å². The van der Waals surface area contributed by atoms with Gasteiger partial charge in [-0.15, -0.1) is 22.7 Å². The molecule has 3 aromatic rings. The maximum atomic E-state index is 11.1. The van der Waals surface area contributed by atoms with Gasteiger partial charge in [-0.3, -0.25) is 4.57 Å². The highest BCUT2D eigenvalue weighted by Gasteiger charge is 2.19. The van der Waals surface area contributed by atoms with E-state index < -0.39 is 7.60 Å². The van der Waals surface area contributed by atoms with Crippen LogP contribution in [0.5, 0.6) is 0 Å². The van der Waals surface area contributed by atoms with Crippen LogP contribution in [0.15, 0.2) is 42.5 Å². The van der Waals surface area contributed by atoms with Crippen LogP contribution < -0.4 is 4.62 Å². The normalized spacial score (nSPS) is 12.1. The molecule has 0 fully saturated rings. The maximum Gasteiger partial charge on any atom is 0.366 e. The van der Waals surface area contributed by atoms with Crippen molar-refractivity contribution >= 4 is 45.0 Å². The first-order valence-electron chi connectivity index (χ1n) is 5.65. The third kappa shape index (κ3) is 2.81. The molecular weight excluding hydrogens is 299 g/mol. The Kier molecular flexibility index (Phi) is 3.33. The Morgan fingerprint density at radius 3 is 2.47 bits per heavy atom. The molecule has 0 aliphatic carbocycles. The molecule has 2 heterocycles. The number of fused-ring (bicyclic) bond motifs is 1. The topological polar surface area (TPSA) is 57.5 Å². The minimum atomic E-state index is -4.11. The predicted octanol–water partition coefficient (Wildman–Crippen LogP) is 3.36. The predicted molar refractivity (Wildman–Crippen MR) is 80.6 cm³/mol. The van der Waals surface area contributed by atoms with Crippen LogP contribution in [0.1, 0.15) is 9.75 Å². The summed E-state index contributed by atoms with van der Waals surface area (Å²) in [6.07, 6.45) is 0.726. The SMILES string of the molecule is O=P(O)(O)c1ccc(Cc2cc3ccccc3s2)s1. The van der Waals surface area contributed by atoms with Gasteiger partial charge in [-0.2, -0.15) is 0 Å². The molecule has 0 atom stereocenters. The fourth-order valence-electron chi connectivity index (χ4n) is 1.91. The van der Waals surface area contributed by atoms with E-state index in [1.807, 2.05) is 12.1 Å². The van der Waals surface area contributed by atoms with E-state index in [4.69, 9.17) is 9.79 Å². The molecule has 0 bridgehead atoms. The van der Waals surface area contributed by atoms with E-state index in [1.165, 1.54) is 32.4 Å². The van der Waals surface area contributed by atoms with E-state index in [1.54, 1.807) is 17.4 Å². The molecule has 2 aromatic heterocycles. The standard InChI is InChI=1S/C13H11O3PS2/c14-17(15,16)13-6-5-10(19-13)8-11-7-9-3-1-2-4-12(9)18-11/h1-7H,8H2,(H2,14,15,16). The van der Waals surface area contributed by atoms with Crippen molar-refractivity contribution < 1.29 is 14.4 Å². The third-order valence-electron chi connectivity index (χ3n) is 2.76. The summed E-state index contributed by atoms with van der Waals surface area (Å²) in [5, 5.41) is 1.22. The fraction of sp³-hybridized carbons (Fsp3) is 0.0769. The molecule has 0 saturated heterocycles. The molecule has 0 aliphatic heterocycles. The highest BCUT2D eigenvalue weighted by molar-refractivity contribution is 7.67. The molecule has 3 rings (SSSR count). The monoisotopic (exact) mass is 310 g/mol. The lowest BCUT2D eigenvalue weighted by Crippen LogP contribution is -1.95. The average Bonchev–Trinajstić information content (AvgIpc) is 2.94. The summed E-state index contributed by atoms with van der Waals surface area (Å²) >= 11 is 2.91. The Hall–Kier alpha value is -0.970. The molecule has 0 radical (unpaired) electrons. The molecule has 0 unspecified atom stereocenters. The minimum Gasteiger partial charge on any atom is -0.320 e. The van der Waals surface area contributed by atoms with Crippen molar-refractivity contribution in [2.24, 2.45) is 0 Å². The van der Waals surface area contributed by atoms with Gasteiger partial charge < -0.3 is 9.79 Å². The second-order valence-electron chi connectivity index (χ2n) is 4.21. The van der Waals surface area contributed by atoms with Gasteiger partial charge in [0.15, 0.2) is 0 Å². The molecule has 0 spiro atoms.